The molecule has 10 heavy (non-hydrogen) atoms. The van der Waals surface area contributed by atoms with Gasteiger partial charge in [-0.2, -0.15) is 0 Å². The zero-order chi connectivity index (χ0) is 7.40. The molecule has 3 heteroatoms. The lowest BCUT2D eigenvalue weighted by atomic mass is 10.5. The van der Waals surface area contributed by atoms with E-state index in [0.29, 0.717) is 5.82 Å². The van der Waals surface area contributed by atoms with Crippen LogP contribution in [-0.4, -0.2) is 10.7 Å². The lowest BCUT2D eigenvalue weighted by Crippen LogP contribution is -1.89. The van der Waals surface area contributed by atoms with Gasteiger partial charge >= 0.3 is 0 Å². The van der Waals surface area contributed by atoms with Crippen molar-refractivity contribution in [3.63, 3.8) is 0 Å². The predicted molar refractivity (Wildman–Crippen MR) is 45.0 cm³/mol. The molecule has 0 fully saturated rings. The number of nitrogens with two attached hydrogens (primary N) is 1. The fourth-order valence-corrected chi connectivity index (χ4v) is 1.30. The van der Waals surface area contributed by atoms with Crippen molar-refractivity contribution in [3.8, 4) is 0 Å². The number of aromatic nitrogens is 1. The van der Waals surface area contributed by atoms with Crippen LogP contribution in [0.25, 0.3) is 0 Å². The fourth-order valence-electron chi connectivity index (χ4n) is 0.659. The van der Waals surface area contributed by atoms with Crippen molar-refractivity contribution in [2.45, 2.75) is 11.9 Å². The van der Waals surface area contributed by atoms with Crippen LogP contribution in [0.15, 0.2) is 23.2 Å². The van der Waals surface area contributed by atoms with Gasteiger partial charge in [-0.3, -0.25) is 0 Å². The lowest BCUT2D eigenvalue weighted by Gasteiger charge is -1.96. The number of anilines is 1. The first-order chi connectivity index (χ1) is 4.83. The molecular formula is C7H10N2S. The average molecular weight is 154 g/mol. The monoisotopic (exact) mass is 154 g/mol. The summed E-state index contributed by atoms with van der Waals surface area (Å²) < 4.78 is 0. The Balaban J connectivity index is 2.75. The molecule has 0 radical (unpaired) electrons. The van der Waals surface area contributed by atoms with Gasteiger partial charge in [0.05, 0.1) is 5.03 Å². The molecule has 0 saturated heterocycles. The van der Waals surface area contributed by atoms with Gasteiger partial charge in [0, 0.05) is 0 Å². The van der Waals surface area contributed by atoms with Crippen molar-refractivity contribution in [2.24, 2.45) is 0 Å². The summed E-state index contributed by atoms with van der Waals surface area (Å²) >= 11 is 1.70. The highest BCUT2D eigenvalue weighted by Crippen LogP contribution is 2.14. The van der Waals surface area contributed by atoms with Crippen molar-refractivity contribution in [1.29, 1.82) is 0 Å². The second-order valence-corrected chi connectivity index (χ2v) is 3.12. The SMILES string of the molecule is CCSc1cccc(N)n1. The molecule has 1 aromatic rings. The summed E-state index contributed by atoms with van der Waals surface area (Å²) in [7, 11) is 0. The van der Waals surface area contributed by atoms with E-state index in [-0.39, 0.29) is 0 Å². The average Bonchev–Trinajstić information content (AvgIpc) is 1.88. The second-order valence-electron chi connectivity index (χ2n) is 1.83. The van der Waals surface area contributed by atoms with E-state index in [1.807, 2.05) is 12.1 Å². The van der Waals surface area contributed by atoms with Gasteiger partial charge in [0.15, 0.2) is 0 Å². The van der Waals surface area contributed by atoms with Crippen LogP contribution in [0.2, 0.25) is 0 Å². The number of nitrogens with zero attached hydrogens (tertiary/aromatic N) is 1. The standard InChI is InChI=1S/C7H10N2S/c1-2-10-7-5-3-4-6(8)9-7/h3-5H,2H2,1H3,(H2,8,9). The van der Waals surface area contributed by atoms with Gasteiger partial charge in [0.1, 0.15) is 5.82 Å². The minimum Gasteiger partial charge on any atom is -0.384 e. The molecule has 0 amide bonds. The van der Waals surface area contributed by atoms with Gasteiger partial charge < -0.3 is 5.73 Å². The van der Waals surface area contributed by atoms with Gasteiger partial charge in [-0.05, 0) is 17.9 Å². The van der Waals surface area contributed by atoms with Gasteiger partial charge in [0.25, 0.3) is 0 Å². The van der Waals surface area contributed by atoms with Crippen LogP contribution < -0.4 is 5.73 Å². The Morgan fingerprint density at radius 1 is 1.60 bits per heavy atom. The van der Waals surface area contributed by atoms with E-state index in [1.165, 1.54) is 0 Å². The Bertz CT molecular complexity index is 213. The molecule has 0 aromatic carbocycles. The van der Waals surface area contributed by atoms with E-state index in [0.717, 1.165) is 10.8 Å². The van der Waals surface area contributed by atoms with E-state index in [2.05, 4.69) is 11.9 Å². The lowest BCUT2D eigenvalue weighted by molar-refractivity contribution is 1.14. The molecule has 2 N–H and O–H groups in total. The number of pyridine rings is 1. The smallest absolute Gasteiger partial charge is 0.124 e. The Kier molecular flexibility index (Phi) is 2.57. The largest absolute Gasteiger partial charge is 0.384 e. The highest BCUT2D eigenvalue weighted by atomic mass is 32.2. The quantitative estimate of drug-likeness (QED) is 0.660. The minimum absolute atomic E-state index is 0.596. The Hall–Kier alpha value is -0.700. The molecule has 0 aliphatic rings. The fraction of sp³-hybridized carbons (Fsp3) is 0.286. The summed E-state index contributed by atoms with van der Waals surface area (Å²) in [6.45, 7) is 2.09. The van der Waals surface area contributed by atoms with E-state index in [1.54, 1.807) is 17.8 Å². The van der Waals surface area contributed by atoms with Gasteiger partial charge in [-0.1, -0.05) is 13.0 Å². The van der Waals surface area contributed by atoms with Crippen LogP contribution in [-0.2, 0) is 0 Å². The normalized spacial score (nSPS) is 9.70. The zero-order valence-corrected chi connectivity index (χ0v) is 6.69. The second kappa shape index (κ2) is 3.46. The van der Waals surface area contributed by atoms with Crippen LogP contribution >= 0.6 is 11.8 Å². The third-order valence-corrected chi connectivity index (χ3v) is 1.85. The van der Waals surface area contributed by atoms with Crippen molar-refractivity contribution in [3.05, 3.63) is 18.2 Å². The summed E-state index contributed by atoms with van der Waals surface area (Å²) in [5.74, 6) is 1.63. The van der Waals surface area contributed by atoms with Crippen LogP contribution in [0, 0.1) is 0 Å². The number of nitrogen functional groups attached to an aromatic ring is 1. The number of rotatable bonds is 2. The van der Waals surface area contributed by atoms with Gasteiger partial charge in [-0.15, -0.1) is 11.8 Å². The molecule has 0 bridgehead atoms. The molecule has 0 aliphatic heterocycles. The van der Waals surface area contributed by atoms with E-state index in [4.69, 9.17) is 5.73 Å². The van der Waals surface area contributed by atoms with Crippen molar-refractivity contribution < 1.29 is 0 Å². The van der Waals surface area contributed by atoms with Crippen LogP contribution in [0.4, 0.5) is 5.82 Å². The Morgan fingerprint density at radius 3 is 3.00 bits per heavy atom. The maximum atomic E-state index is 5.46. The van der Waals surface area contributed by atoms with E-state index in [9.17, 15) is 0 Å². The molecule has 2 nitrogen and oxygen atoms in total. The molecule has 0 spiro atoms. The van der Waals surface area contributed by atoms with Crippen LogP contribution in [0.3, 0.4) is 0 Å². The molecule has 0 atom stereocenters. The first-order valence-electron chi connectivity index (χ1n) is 3.18. The third-order valence-electron chi connectivity index (χ3n) is 1.04. The highest BCUT2D eigenvalue weighted by molar-refractivity contribution is 7.99. The molecular weight excluding hydrogens is 144 g/mol. The Morgan fingerprint density at radius 2 is 2.40 bits per heavy atom. The molecule has 1 aromatic heterocycles. The summed E-state index contributed by atoms with van der Waals surface area (Å²) in [4.78, 5) is 4.10. The van der Waals surface area contributed by atoms with Gasteiger partial charge in [-0.25, -0.2) is 4.98 Å². The number of thioether (sulfide) groups is 1. The molecule has 0 saturated carbocycles. The van der Waals surface area contributed by atoms with Crippen molar-refractivity contribution >= 4 is 17.6 Å². The molecule has 0 unspecified atom stereocenters. The Labute approximate surface area is 64.8 Å². The third kappa shape index (κ3) is 1.92. The maximum absolute atomic E-state index is 5.46. The minimum atomic E-state index is 0.596. The molecule has 0 aliphatic carbocycles. The zero-order valence-electron chi connectivity index (χ0n) is 5.87. The number of hydrogen-bond donors (Lipinski definition) is 1. The summed E-state index contributed by atoms with van der Waals surface area (Å²) in [6.07, 6.45) is 0. The number of hydrogen-bond acceptors (Lipinski definition) is 3. The van der Waals surface area contributed by atoms with E-state index < -0.39 is 0 Å². The molecule has 54 valence electrons. The predicted octanol–water partition coefficient (Wildman–Crippen LogP) is 1.78. The highest BCUT2D eigenvalue weighted by Gasteiger charge is 1.91. The first-order valence-corrected chi connectivity index (χ1v) is 4.17. The van der Waals surface area contributed by atoms with E-state index >= 15 is 0 Å². The summed E-state index contributed by atoms with van der Waals surface area (Å²) in [5.41, 5.74) is 5.46. The van der Waals surface area contributed by atoms with Crippen LogP contribution in [0.1, 0.15) is 6.92 Å². The summed E-state index contributed by atoms with van der Waals surface area (Å²) in [6, 6.07) is 5.67. The molecule has 1 heterocycles. The van der Waals surface area contributed by atoms with Crippen molar-refractivity contribution in [1.82, 2.24) is 4.98 Å². The summed E-state index contributed by atoms with van der Waals surface area (Å²) in [5, 5.41) is 1.00. The van der Waals surface area contributed by atoms with Crippen LogP contribution in [0.5, 0.6) is 0 Å². The maximum Gasteiger partial charge on any atom is 0.124 e. The molecule has 1 rings (SSSR count). The van der Waals surface area contributed by atoms with Crippen molar-refractivity contribution in [2.75, 3.05) is 11.5 Å². The van der Waals surface area contributed by atoms with Gasteiger partial charge in [0.2, 0.25) is 0 Å². The first kappa shape index (κ1) is 7.41. The topological polar surface area (TPSA) is 38.9 Å².